The molecule has 0 aromatic carbocycles. The molecule has 114 valence electrons. The van der Waals surface area contributed by atoms with Gasteiger partial charge in [-0.3, -0.25) is 4.79 Å². The summed E-state index contributed by atoms with van der Waals surface area (Å²) in [6.45, 7) is 1.30. The van der Waals surface area contributed by atoms with E-state index in [2.05, 4.69) is 5.32 Å². The molecule has 2 heterocycles. The third kappa shape index (κ3) is 3.31. The van der Waals surface area contributed by atoms with E-state index in [0.717, 1.165) is 12.7 Å². The largest absolute Gasteiger partial charge is 0.475 e. The molecule has 0 bridgehead atoms. The summed E-state index contributed by atoms with van der Waals surface area (Å²) < 4.78 is 24.4. The number of likely N-dealkylation sites (tertiary alicyclic amines) is 1. The molecule has 0 aliphatic carbocycles. The second kappa shape index (κ2) is 5.98. The van der Waals surface area contributed by atoms with Crippen molar-refractivity contribution < 1.29 is 23.3 Å². The highest BCUT2D eigenvalue weighted by atomic mass is 32.2. The number of amides is 1. The number of nitrogens with zero attached hydrogens (tertiary/aromatic N) is 2. The van der Waals surface area contributed by atoms with E-state index >= 15 is 0 Å². The van der Waals surface area contributed by atoms with Crippen molar-refractivity contribution in [3.63, 3.8) is 0 Å². The van der Waals surface area contributed by atoms with Crippen LogP contribution in [0.2, 0.25) is 0 Å². The van der Waals surface area contributed by atoms with Crippen molar-refractivity contribution in [2.45, 2.75) is 24.8 Å². The lowest BCUT2D eigenvalue weighted by molar-refractivity contribution is -0.134. The maximum atomic E-state index is 12.4. The van der Waals surface area contributed by atoms with Crippen molar-refractivity contribution in [3.8, 4) is 0 Å². The summed E-state index contributed by atoms with van der Waals surface area (Å²) >= 11 is 0. The second-order valence-corrected chi connectivity index (χ2v) is 7.26. The Bertz CT molecular complexity index is 472. The van der Waals surface area contributed by atoms with Gasteiger partial charge in [-0.1, -0.05) is 0 Å². The van der Waals surface area contributed by atoms with Crippen LogP contribution in [0.5, 0.6) is 0 Å². The SMILES string of the molecule is CS(=O)(=O)N1CCNC(C(=O)N2CCCC2B(O)O)C1. The Morgan fingerprint density at radius 2 is 2.05 bits per heavy atom. The Hall–Kier alpha value is -0.675. The molecular formula is C10H20BN3O5S. The molecule has 2 fully saturated rings. The van der Waals surface area contributed by atoms with Gasteiger partial charge in [0.1, 0.15) is 6.04 Å². The van der Waals surface area contributed by atoms with E-state index in [1.165, 1.54) is 9.21 Å². The molecule has 2 aliphatic rings. The number of rotatable bonds is 3. The van der Waals surface area contributed by atoms with E-state index in [-0.39, 0.29) is 12.5 Å². The Kier molecular flexibility index (Phi) is 4.70. The zero-order chi connectivity index (χ0) is 14.9. The molecule has 20 heavy (non-hydrogen) atoms. The van der Waals surface area contributed by atoms with Gasteiger partial charge in [0.25, 0.3) is 0 Å². The summed E-state index contributed by atoms with van der Waals surface area (Å²) in [7, 11) is -4.88. The fourth-order valence-electron chi connectivity index (χ4n) is 2.77. The quantitative estimate of drug-likeness (QED) is 0.487. The molecule has 2 saturated heterocycles. The highest BCUT2D eigenvalue weighted by Crippen LogP contribution is 2.20. The van der Waals surface area contributed by atoms with Crippen LogP contribution in [0, 0.1) is 0 Å². The normalized spacial score (nSPS) is 28.6. The third-order valence-electron chi connectivity index (χ3n) is 3.83. The topological polar surface area (TPSA) is 110 Å². The molecule has 0 spiro atoms. The van der Waals surface area contributed by atoms with Crippen molar-refractivity contribution in [3.05, 3.63) is 0 Å². The van der Waals surface area contributed by atoms with E-state index in [9.17, 15) is 23.3 Å². The fraction of sp³-hybridized carbons (Fsp3) is 0.900. The molecule has 1 amide bonds. The van der Waals surface area contributed by atoms with E-state index < -0.39 is 29.1 Å². The number of hydrogen-bond donors (Lipinski definition) is 3. The van der Waals surface area contributed by atoms with Gasteiger partial charge in [0, 0.05) is 26.2 Å². The van der Waals surface area contributed by atoms with Crippen molar-refractivity contribution >= 4 is 23.0 Å². The van der Waals surface area contributed by atoms with Crippen LogP contribution in [-0.4, -0.2) is 85.1 Å². The number of sulfonamides is 1. The molecule has 0 radical (unpaired) electrons. The van der Waals surface area contributed by atoms with Crippen LogP contribution in [0.25, 0.3) is 0 Å². The minimum absolute atomic E-state index is 0.0857. The van der Waals surface area contributed by atoms with Gasteiger partial charge in [-0.05, 0) is 12.8 Å². The minimum Gasteiger partial charge on any atom is -0.426 e. The smallest absolute Gasteiger partial charge is 0.426 e. The lowest BCUT2D eigenvalue weighted by Crippen LogP contribution is -2.60. The summed E-state index contributed by atoms with van der Waals surface area (Å²) in [5.74, 6) is -0.869. The maximum absolute atomic E-state index is 12.4. The zero-order valence-electron chi connectivity index (χ0n) is 11.4. The van der Waals surface area contributed by atoms with Crippen LogP contribution < -0.4 is 5.32 Å². The predicted octanol–water partition coefficient (Wildman–Crippen LogP) is -2.78. The van der Waals surface area contributed by atoms with Gasteiger partial charge in [0.2, 0.25) is 15.9 Å². The van der Waals surface area contributed by atoms with E-state index in [1.54, 1.807) is 0 Å². The van der Waals surface area contributed by atoms with Crippen molar-refractivity contribution in [1.82, 2.24) is 14.5 Å². The summed E-state index contributed by atoms with van der Waals surface area (Å²) in [6.07, 6.45) is 2.39. The lowest BCUT2D eigenvalue weighted by atomic mass is 9.77. The summed E-state index contributed by atoms with van der Waals surface area (Å²) in [5.41, 5.74) is 0. The number of hydrogen-bond acceptors (Lipinski definition) is 6. The van der Waals surface area contributed by atoms with Crippen LogP contribution in [0.1, 0.15) is 12.8 Å². The first kappa shape index (κ1) is 15.7. The monoisotopic (exact) mass is 305 g/mol. The standard InChI is InChI=1S/C10H20BN3O5S/c1-20(18,19)13-6-4-12-8(7-13)10(15)14-5-2-3-9(14)11(16)17/h8-9,12,16-17H,2-7H2,1H3. The van der Waals surface area contributed by atoms with Crippen LogP contribution in [-0.2, 0) is 14.8 Å². The zero-order valence-corrected chi connectivity index (χ0v) is 12.2. The van der Waals surface area contributed by atoms with E-state index in [4.69, 9.17) is 0 Å². The molecule has 2 unspecified atom stereocenters. The van der Waals surface area contributed by atoms with Crippen LogP contribution in [0.3, 0.4) is 0 Å². The average Bonchev–Trinajstić information content (AvgIpc) is 2.86. The lowest BCUT2D eigenvalue weighted by Gasteiger charge is -2.35. The highest BCUT2D eigenvalue weighted by Gasteiger charge is 2.40. The Morgan fingerprint density at radius 1 is 1.35 bits per heavy atom. The van der Waals surface area contributed by atoms with Gasteiger partial charge >= 0.3 is 7.12 Å². The minimum atomic E-state index is -3.32. The van der Waals surface area contributed by atoms with Crippen molar-refractivity contribution in [2.75, 3.05) is 32.4 Å². The first-order valence-electron chi connectivity index (χ1n) is 6.66. The van der Waals surface area contributed by atoms with Gasteiger partial charge in [-0.2, -0.15) is 4.31 Å². The van der Waals surface area contributed by atoms with E-state index in [0.29, 0.717) is 26.1 Å². The fourth-order valence-corrected chi connectivity index (χ4v) is 3.61. The molecule has 10 heteroatoms. The van der Waals surface area contributed by atoms with Gasteiger partial charge in [-0.15, -0.1) is 0 Å². The summed E-state index contributed by atoms with van der Waals surface area (Å²) in [4.78, 5) is 13.8. The molecule has 0 saturated carbocycles. The van der Waals surface area contributed by atoms with Crippen LogP contribution in [0.4, 0.5) is 0 Å². The second-order valence-electron chi connectivity index (χ2n) is 5.28. The van der Waals surface area contributed by atoms with Gasteiger partial charge in [-0.25, -0.2) is 8.42 Å². The van der Waals surface area contributed by atoms with Gasteiger partial charge < -0.3 is 20.3 Å². The Morgan fingerprint density at radius 3 is 2.65 bits per heavy atom. The average molecular weight is 305 g/mol. The summed E-state index contributed by atoms with van der Waals surface area (Å²) in [5, 5.41) is 21.6. The third-order valence-corrected chi connectivity index (χ3v) is 5.10. The highest BCUT2D eigenvalue weighted by molar-refractivity contribution is 7.88. The number of carbonyl (C=O) groups is 1. The number of carbonyl (C=O) groups excluding carboxylic acids is 1. The van der Waals surface area contributed by atoms with Crippen molar-refractivity contribution in [1.29, 1.82) is 0 Å². The van der Waals surface area contributed by atoms with Crippen LogP contribution in [0.15, 0.2) is 0 Å². The molecule has 8 nitrogen and oxygen atoms in total. The Balaban J connectivity index is 2.05. The maximum Gasteiger partial charge on any atom is 0.475 e. The molecule has 2 rings (SSSR count). The molecule has 2 atom stereocenters. The molecule has 0 aromatic heterocycles. The first-order chi connectivity index (χ1) is 9.30. The van der Waals surface area contributed by atoms with Crippen molar-refractivity contribution in [2.24, 2.45) is 0 Å². The van der Waals surface area contributed by atoms with Gasteiger partial charge in [0.05, 0.1) is 12.2 Å². The summed E-state index contributed by atoms with van der Waals surface area (Å²) in [6, 6.07) is -0.627. The molecular weight excluding hydrogens is 285 g/mol. The first-order valence-corrected chi connectivity index (χ1v) is 8.50. The molecule has 2 aliphatic heterocycles. The molecule has 3 N–H and O–H groups in total. The van der Waals surface area contributed by atoms with E-state index in [1.807, 2.05) is 0 Å². The van der Waals surface area contributed by atoms with Crippen LogP contribution >= 0.6 is 0 Å². The Labute approximate surface area is 118 Å². The predicted molar refractivity (Wildman–Crippen MR) is 73.1 cm³/mol. The number of nitrogens with one attached hydrogen (secondary N) is 1. The molecule has 0 aromatic rings. The van der Waals surface area contributed by atoms with Gasteiger partial charge in [0.15, 0.2) is 0 Å². The number of piperazine rings is 1.